The third kappa shape index (κ3) is 5.92. The van der Waals surface area contributed by atoms with Crippen LogP contribution in [0.5, 0.6) is 11.6 Å². The van der Waals surface area contributed by atoms with Gasteiger partial charge in [-0.25, -0.2) is 12.8 Å². The Morgan fingerprint density at radius 1 is 1.21 bits per heavy atom. The van der Waals surface area contributed by atoms with Gasteiger partial charge in [0.25, 0.3) is 0 Å². The van der Waals surface area contributed by atoms with Crippen molar-refractivity contribution in [3.05, 3.63) is 63.5 Å². The molecule has 39 heavy (non-hydrogen) atoms. The molecule has 0 bridgehead atoms. The van der Waals surface area contributed by atoms with Gasteiger partial charge in [0.2, 0.25) is 21.2 Å². The number of amidine groups is 1. The van der Waals surface area contributed by atoms with E-state index in [1.54, 1.807) is 25.1 Å². The van der Waals surface area contributed by atoms with E-state index in [2.05, 4.69) is 30.7 Å². The molecular formula is C25H30BrFN4O6PS+. The van der Waals surface area contributed by atoms with Crippen LogP contribution >= 0.6 is 23.8 Å². The van der Waals surface area contributed by atoms with Gasteiger partial charge in [-0.1, -0.05) is 26.8 Å². The van der Waals surface area contributed by atoms with E-state index in [1.165, 1.54) is 22.8 Å². The molecule has 0 amide bonds. The first-order valence-corrected chi connectivity index (χ1v) is 16.2. The smallest absolute Gasteiger partial charge is 0.432 e. The second-order valence-corrected chi connectivity index (χ2v) is 14.8. The molecule has 0 saturated carbocycles. The van der Waals surface area contributed by atoms with Crippen molar-refractivity contribution in [2.75, 3.05) is 22.9 Å². The highest BCUT2D eigenvalue weighted by atomic mass is 79.9. The first kappa shape index (κ1) is 29.3. The molecule has 2 aromatic carbocycles. The predicted octanol–water partition coefficient (Wildman–Crippen LogP) is 4.81. The third-order valence-electron chi connectivity index (χ3n) is 5.89. The summed E-state index contributed by atoms with van der Waals surface area (Å²) in [6.07, 6.45) is 1.01. The maximum absolute atomic E-state index is 13.8. The quantitative estimate of drug-likeness (QED) is 0.232. The summed E-state index contributed by atoms with van der Waals surface area (Å²) in [7, 11) is -7.30. The van der Waals surface area contributed by atoms with Crippen molar-refractivity contribution in [1.29, 1.82) is 0 Å². The van der Waals surface area contributed by atoms with Crippen LogP contribution in [0.15, 0.2) is 45.6 Å². The van der Waals surface area contributed by atoms with Crippen LogP contribution in [0, 0.1) is 5.82 Å². The van der Waals surface area contributed by atoms with Crippen LogP contribution in [-0.2, 0) is 26.5 Å². The summed E-state index contributed by atoms with van der Waals surface area (Å²) < 4.78 is 51.5. The number of hydrogen-bond donors (Lipinski definition) is 5. The Morgan fingerprint density at radius 3 is 2.49 bits per heavy atom. The fourth-order valence-electron chi connectivity index (χ4n) is 4.43. The van der Waals surface area contributed by atoms with Gasteiger partial charge in [0.05, 0.1) is 40.9 Å². The number of aromatic hydroxyl groups is 2. The maximum atomic E-state index is 13.8. The highest BCUT2D eigenvalue weighted by molar-refractivity contribution is 9.10. The maximum Gasteiger partial charge on any atom is 0.432 e. The standard InChI is InChI=1S/C25H29BrFN4O6PS/c1-6-37-38(34)19-12-15(30-39(5,35)36)8-10-18(19)28-23(29-38)20-21(32)22(25(2,3)4)31(24(20)33)13-14-7-9-17(27)16(26)11-14/h7-12,30,34H,6,13H2,1-5H3,(H2-,28,29,32,33)/p+1. The van der Waals surface area contributed by atoms with Crippen LogP contribution in [0.2, 0.25) is 0 Å². The minimum Gasteiger partial charge on any atom is -0.505 e. The van der Waals surface area contributed by atoms with E-state index in [-0.39, 0.29) is 51.6 Å². The summed E-state index contributed by atoms with van der Waals surface area (Å²) in [5.41, 5.74) is 0.974. The van der Waals surface area contributed by atoms with Crippen LogP contribution in [0.1, 0.15) is 44.5 Å². The zero-order valence-electron chi connectivity index (χ0n) is 22.0. The van der Waals surface area contributed by atoms with E-state index in [0.29, 0.717) is 16.9 Å². The summed E-state index contributed by atoms with van der Waals surface area (Å²) in [6.45, 7) is 7.49. The van der Waals surface area contributed by atoms with Crippen LogP contribution in [0.4, 0.5) is 15.8 Å². The molecule has 1 aliphatic rings. The number of nitrogens with one attached hydrogen (secondary N) is 2. The number of aromatic nitrogens is 1. The zero-order valence-corrected chi connectivity index (χ0v) is 25.2. The number of fused-ring (bicyclic) bond motifs is 1. The van der Waals surface area contributed by atoms with Gasteiger partial charge in [0, 0.05) is 11.5 Å². The Kier molecular flexibility index (Phi) is 7.78. The summed E-state index contributed by atoms with van der Waals surface area (Å²) in [4.78, 5) is 11.6. The number of sulfonamides is 1. The first-order valence-electron chi connectivity index (χ1n) is 11.9. The van der Waals surface area contributed by atoms with E-state index >= 15 is 0 Å². The van der Waals surface area contributed by atoms with Gasteiger partial charge in [-0.2, -0.15) is 9.42 Å². The molecule has 0 saturated heterocycles. The summed E-state index contributed by atoms with van der Waals surface area (Å²) in [5, 5.41) is 26.1. The molecule has 1 aliphatic heterocycles. The fraction of sp³-hybridized carbons (Fsp3) is 0.320. The third-order valence-corrected chi connectivity index (χ3v) is 9.20. The lowest BCUT2D eigenvalue weighted by molar-refractivity contribution is 0.318. The number of rotatable bonds is 7. The molecule has 0 radical (unpaired) electrons. The van der Waals surface area contributed by atoms with Crippen LogP contribution in [0.25, 0.3) is 0 Å². The van der Waals surface area contributed by atoms with Crippen molar-refractivity contribution in [2.24, 2.45) is 4.76 Å². The molecule has 10 nitrogen and oxygen atoms in total. The number of halogens is 2. The Hall–Kier alpha value is -2.70. The van der Waals surface area contributed by atoms with E-state index in [4.69, 9.17) is 4.52 Å². The second-order valence-electron chi connectivity index (χ2n) is 10.1. The molecule has 0 aliphatic carbocycles. The summed E-state index contributed by atoms with van der Waals surface area (Å²) in [5.74, 6) is -1.00. The van der Waals surface area contributed by atoms with Crippen molar-refractivity contribution >= 4 is 56.3 Å². The number of benzene rings is 2. The van der Waals surface area contributed by atoms with E-state index in [1.807, 2.05) is 20.8 Å². The number of anilines is 2. The lowest BCUT2D eigenvalue weighted by Crippen LogP contribution is -2.28. The van der Waals surface area contributed by atoms with Gasteiger partial charge in [-0.15, -0.1) is 0 Å². The average Bonchev–Trinajstić information content (AvgIpc) is 3.05. The van der Waals surface area contributed by atoms with Gasteiger partial charge < -0.3 is 20.1 Å². The van der Waals surface area contributed by atoms with Gasteiger partial charge >= 0.3 is 7.87 Å². The van der Waals surface area contributed by atoms with E-state index in [9.17, 15) is 27.9 Å². The Morgan fingerprint density at radius 2 is 1.90 bits per heavy atom. The Labute approximate surface area is 235 Å². The van der Waals surface area contributed by atoms with Crippen molar-refractivity contribution in [2.45, 2.75) is 39.7 Å². The molecule has 4 rings (SSSR count). The second kappa shape index (κ2) is 10.4. The van der Waals surface area contributed by atoms with Crippen molar-refractivity contribution in [1.82, 2.24) is 4.57 Å². The number of nitrogens with zero attached hydrogens (tertiary/aromatic N) is 2. The molecule has 2 heterocycles. The van der Waals surface area contributed by atoms with Gasteiger partial charge in [0.15, 0.2) is 11.6 Å². The van der Waals surface area contributed by atoms with Crippen molar-refractivity contribution in [3.8, 4) is 11.6 Å². The van der Waals surface area contributed by atoms with Gasteiger partial charge in [-0.3, -0.25) is 4.72 Å². The Balaban J connectivity index is 1.87. The van der Waals surface area contributed by atoms with Crippen LogP contribution in [0.3, 0.4) is 0 Å². The molecule has 5 N–H and O–H groups in total. The van der Waals surface area contributed by atoms with E-state index < -0.39 is 29.1 Å². The lowest BCUT2D eigenvalue weighted by Gasteiger charge is -2.23. The average molecular weight is 644 g/mol. The van der Waals surface area contributed by atoms with Gasteiger partial charge in [0.1, 0.15) is 11.4 Å². The van der Waals surface area contributed by atoms with Gasteiger partial charge in [-0.05, 0) is 57.4 Å². The fourth-order valence-corrected chi connectivity index (χ4v) is 7.25. The molecule has 1 atom stereocenters. The topological polar surface area (TPSA) is 145 Å². The normalized spacial score (nSPS) is 17.4. The largest absolute Gasteiger partial charge is 0.505 e. The lowest BCUT2D eigenvalue weighted by atomic mass is 9.91. The highest BCUT2D eigenvalue weighted by Crippen LogP contribution is 2.60. The summed E-state index contributed by atoms with van der Waals surface area (Å²) >= 11 is 3.18. The SMILES string of the molecule is CCO[P+]1(O)N=C(c2c(O)c(C(C)(C)C)n(Cc3ccc(F)c(Br)c3)c2O)Nc2ccc(NS(C)(=O)=O)cc21. The highest BCUT2D eigenvalue weighted by Gasteiger charge is 2.49. The van der Waals surface area contributed by atoms with Crippen LogP contribution < -0.4 is 15.3 Å². The minimum atomic E-state index is -3.72. The number of hydrogen-bond acceptors (Lipinski definition) is 8. The van der Waals surface area contributed by atoms with E-state index in [0.717, 1.165) is 6.26 Å². The predicted molar refractivity (Wildman–Crippen MR) is 155 cm³/mol. The molecule has 3 aromatic rings. The van der Waals surface area contributed by atoms with Crippen molar-refractivity contribution in [3.63, 3.8) is 0 Å². The Bertz CT molecular complexity index is 1590. The molecule has 0 fully saturated rings. The first-order chi connectivity index (χ1) is 18.0. The molecule has 210 valence electrons. The zero-order chi connectivity index (χ0) is 28.9. The van der Waals surface area contributed by atoms with Crippen LogP contribution in [-0.4, -0.2) is 46.8 Å². The monoisotopic (exact) mass is 643 g/mol. The molecule has 1 aromatic heterocycles. The minimum absolute atomic E-state index is 0.0184. The molecular weight excluding hydrogens is 614 g/mol. The molecule has 0 spiro atoms. The molecule has 1 unspecified atom stereocenters. The van der Waals surface area contributed by atoms with Crippen molar-refractivity contribution < 1.29 is 32.4 Å². The molecule has 14 heteroatoms. The summed E-state index contributed by atoms with van der Waals surface area (Å²) in [6, 6.07) is 8.96.